The molecule has 1 N–H and O–H groups in total. The lowest BCUT2D eigenvalue weighted by molar-refractivity contribution is 0.368. The van der Waals surface area contributed by atoms with Crippen molar-refractivity contribution < 1.29 is 0 Å². The third-order valence-corrected chi connectivity index (χ3v) is 4.54. The fraction of sp³-hybridized carbons (Fsp3) is 0.571. The normalized spacial score (nSPS) is 18.5. The molecule has 0 amide bonds. The summed E-state index contributed by atoms with van der Waals surface area (Å²) in [4.78, 5) is 0. The summed E-state index contributed by atoms with van der Waals surface area (Å²) in [5, 5.41) is 4.45. The topological polar surface area (TPSA) is 12.0 Å². The van der Waals surface area contributed by atoms with E-state index in [0.29, 0.717) is 5.88 Å². The first kappa shape index (κ1) is 13.2. The summed E-state index contributed by atoms with van der Waals surface area (Å²) >= 11 is 12.3. The van der Waals surface area contributed by atoms with Gasteiger partial charge in [-0.2, -0.15) is 0 Å². The maximum Gasteiger partial charge on any atom is 0.0453 e. The van der Waals surface area contributed by atoms with Crippen molar-refractivity contribution in [1.82, 2.24) is 5.32 Å². The molecule has 0 unspecified atom stereocenters. The number of benzene rings is 1. The van der Waals surface area contributed by atoms with E-state index in [2.05, 4.69) is 24.4 Å². The van der Waals surface area contributed by atoms with Crippen molar-refractivity contribution in [3.63, 3.8) is 0 Å². The van der Waals surface area contributed by atoms with E-state index in [-0.39, 0.29) is 5.54 Å². The number of halogens is 2. The van der Waals surface area contributed by atoms with Gasteiger partial charge in [0.15, 0.2) is 0 Å². The molecule has 1 nitrogen and oxygen atoms in total. The zero-order chi connectivity index (χ0) is 12.3. The van der Waals surface area contributed by atoms with Crippen LogP contribution in [0.3, 0.4) is 0 Å². The molecule has 17 heavy (non-hydrogen) atoms. The molecule has 0 aromatic heterocycles. The fourth-order valence-electron chi connectivity index (χ4n) is 2.49. The first-order valence-corrected chi connectivity index (χ1v) is 7.12. The first-order valence-electron chi connectivity index (χ1n) is 6.21. The van der Waals surface area contributed by atoms with Gasteiger partial charge in [-0.3, -0.25) is 0 Å². The van der Waals surface area contributed by atoms with Crippen molar-refractivity contribution in [1.29, 1.82) is 0 Å². The highest BCUT2D eigenvalue weighted by Crippen LogP contribution is 2.31. The standard InChI is InChI=1S/C14H19Cl2N/c1-11-4-5-12(13(16)8-11)9-17-14(10-15)6-2-3-7-14/h4-5,8,17H,2-3,6-7,9-10H2,1H3. The van der Waals surface area contributed by atoms with Crippen molar-refractivity contribution in [3.05, 3.63) is 34.3 Å². The molecular formula is C14H19Cl2N. The number of hydrogen-bond acceptors (Lipinski definition) is 1. The second-order valence-electron chi connectivity index (χ2n) is 5.07. The monoisotopic (exact) mass is 271 g/mol. The number of alkyl halides is 1. The molecule has 2 rings (SSSR count). The summed E-state index contributed by atoms with van der Waals surface area (Å²) in [6.45, 7) is 2.87. The Morgan fingerprint density at radius 3 is 2.59 bits per heavy atom. The highest BCUT2D eigenvalue weighted by molar-refractivity contribution is 6.31. The van der Waals surface area contributed by atoms with Crippen LogP contribution >= 0.6 is 23.2 Å². The van der Waals surface area contributed by atoms with E-state index < -0.39 is 0 Å². The molecule has 94 valence electrons. The van der Waals surface area contributed by atoms with Crippen LogP contribution in [-0.2, 0) is 6.54 Å². The Morgan fingerprint density at radius 2 is 2.00 bits per heavy atom. The zero-order valence-corrected chi connectivity index (χ0v) is 11.7. The minimum absolute atomic E-state index is 0.135. The van der Waals surface area contributed by atoms with Gasteiger partial charge in [0.25, 0.3) is 0 Å². The second-order valence-corrected chi connectivity index (χ2v) is 5.74. The van der Waals surface area contributed by atoms with Gasteiger partial charge < -0.3 is 5.32 Å². The molecule has 1 aliphatic rings. The summed E-state index contributed by atoms with van der Waals surface area (Å²) < 4.78 is 0. The van der Waals surface area contributed by atoms with Gasteiger partial charge in [-0.1, -0.05) is 36.6 Å². The molecule has 0 atom stereocenters. The fourth-order valence-corrected chi connectivity index (χ4v) is 3.15. The molecule has 0 heterocycles. The maximum atomic E-state index is 6.23. The SMILES string of the molecule is Cc1ccc(CNC2(CCl)CCCC2)c(Cl)c1. The largest absolute Gasteiger partial charge is 0.306 e. The molecule has 1 fully saturated rings. The smallest absolute Gasteiger partial charge is 0.0453 e. The van der Waals surface area contributed by atoms with E-state index in [0.717, 1.165) is 17.1 Å². The number of rotatable bonds is 4. The lowest BCUT2D eigenvalue weighted by Crippen LogP contribution is -2.43. The van der Waals surface area contributed by atoms with Crippen LogP contribution in [0.5, 0.6) is 0 Å². The van der Waals surface area contributed by atoms with Crippen molar-refractivity contribution in [2.75, 3.05) is 5.88 Å². The maximum absolute atomic E-state index is 6.23. The molecule has 1 aromatic carbocycles. The predicted octanol–water partition coefficient (Wildman–Crippen LogP) is 4.29. The molecule has 3 heteroatoms. The minimum atomic E-state index is 0.135. The van der Waals surface area contributed by atoms with Crippen LogP contribution in [0, 0.1) is 6.92 Å². The number of aryl methyl sites for hydroxylation is 1. The van der Waals surface area contributed by atoms with Crippen LogP contribution in [-0.4, -0.2) is 11.4 Å². The third kappa shape index (κ3) is 3.15. The molecule has 0 aliphatic heterocycles. The Balaban J connectivity index is 2.01. The summed E-state index contributed by atoms with van der Waals surface area (Å²) in [7, 11) is 0. The number of hydrogen-bond donors (Lipinski definition) is 1. The van der Waals surface area contributed by atoms with Crippen LogP contribution in [0.2, 0.25) is 5.02 Å². The average molecular weight is 272 g/mol. The average Bonchev–Trinajstić information content (AvgIpc) is 2.77. The summed E-state index contributed by atoms with van der Waals surface area (Å²) in [6, 6.07) is 6.22. The molecular weight excluding hydrogens is 253 g/mol. The van der Waals surface area contributed by atoms with E-state index in [1.54, 1.807) is 0 Å². The van der Waals surface area contributed by atoms with Crippen molar-refractivity contribution >= 4 is 23.2 Å². The Labute approximate surface area is 114 Å². The molecule has 1 aliphatic carbocycles. The third-order valence-electron chi connectivity index (χ3n) is 3.68. The van der Waals surface area contributed by atoms with Crippen molar-refractivity contribution in [2.45, 2.75) is 44.7 Å². The van der Waals surface area contributed by atoms with Crippen LogP contribution in [0.15, 0.2) is 18.2 Å². The molecule has 0 spiro atoms. The Morgan fingerprint density at radius 1 is 1.29 bits per heavy atom. The van der Waals surface area contributed by atoms with Crippen LogP contribution < -0.4 is 5.32 Å². The van der Waals surface area contributed by atoms with Gasteiger partial charge >= 0.3 is 0 Å². The minimum Gasteiger partial charge on any atom is -0.306 e. The summed E-state index contributed by atoms with van der Waals surface area (Å²) in [5.41, 5.74) is 2.50. The Bertz CT molecular complexity index is 384. The Kier molecular flexibility index (Phi) is 4.35. The van der Waals surface area contributed by atoms with Gasteiger partial charge in [0.1, 0.15) is 0 Å². The van der Waals surface area contributed by atoms with Gasteiger partial charge in [0.05, 0.1) is 0 Å². The lowest BCUT2D eigenvalue weighted by atomic mass is 10.00. The van der Waals surface area contributed by atoms with E-state index >= 15 is 0 Å². The van der Waals surface area contributed by atoms with Gasteiger partial charge in [-0.15, -0.1) is 11.6 Å². The van der Waals surface area contributed by atoms with Crippen LogP contribution in [0.4, 0.5) is 0 Å². The van der Waals surface area contributed by atoms with Gasteiger partial charge in [-0.25, -0.2) is 0 Å². The first-order chi connectivity index (χ1) is 8.15. The lowest BCUT2D eigenvalue weighted by Gasteiger charge is -2.28. The molecule has 1 aromatic rings. The van der Waals surface area contributed by atoms with Gasteiger partial charge in [0, 0.05) is 23.0 Å². The van der Waals surface area contributed by atoms with Crippen molar-refractivity contribution in [2.24, 2.45) is 0 Å². The predicted molar refractivity (Wildman–Crippen MR) is 74.9 cm³/mol. The van der Waals surface area contributed by atoms with E-state index in [1.165, 1.54) is 31.2 Å². The van der Waals surface area contributed by atoms with Crippen LogP contribution in [0.1, 0.15) is 36.8 Å². The quantitative estimate of drug-likeness (QED) is 0.806. The molecule has 0 saturated heterocycles. The Hall–Kier alpha value is -0.240. The highest BCUT2D eigenvalue weighted by Gasteiger charge is 2.32. The van der Waals surface area contributed by atoms with E-state index in [9.17, 15) is 0 Å². The van der Waals surface area contributed by atoms with Crippen LogP contribution in [0.25, 0.3) is 0 Å². The molecule has 0 bridgehead atoms. The van der Waals surface area contributed by atoms with Crippen molar-refractivity contribution in [3.8, 4) is 0 Å². The molecule has 0 radical (unpaired) electrons. The van der Waals surface area contributed by atoms with Gasteiger partial charge in [0.2, 0.25) is 0 Å². The van der Waals surface area contributed by atoms with E-state index in [4.69, 9.17) is 23.2 Å². The second kappa shape index (κ2) is 5.60. The number of nitrogens with one attached hydrogen (secondary N) is 1. The summed E-state index contributed by atoms with van der Waals surface area (Å²) in [5.74, 6) is 0.691. The summed E-state index contributed by atoms with van der Waals surface area (Å²) in [6.07, 6.45) is 4.92. The van der Waals surface area contributed by atoms with E-state index in [1.807, 2.05) is 6.07 Å². The highest BCUT2D eigenvalue weighted by atomic mass is 35.5. The zero-order valence-electron chi connectivity index (χ0n) is 10.2. The molecule has 1 saturated carbocycles. The van der Waals surface area contributed by atoms with Gasteiger partial charge in [-0.05, 0) is 37.0 Å².